The molecule has 3 unspecified atom stereocenters. The van der Waals surface area contributed by atoms with E-state index in [1.54, 1.807) is 0 Å². The first-order valence-electron chi connectivity index (χ1n) is 11.2. The first-order valence-corrected chi connectivity index (χ1v) is 12.4. The number of rotatable bonds is 8. The van der Waals surface area contributed by atoms with Gasteiger partial charge in [-0.05, 0) is 67.3 Å². The molecular formula is C24H31ClN2O3S. The number of hydrogen-bond acceptors (Lipinski definition) is 5. The molecule has 0 saturated carbocycles. The van der Waals surface area contributed by atoms with Crippen LogP contribution in [0.4, 0.5) is 0 Å². The van der Waals surface area contributed by atoms with Gasteiger partial charge < -0.3 is 14.8 Å². The number of carbonyl (C=O) groups excluding carboxylic acids is 1. The van der Waals surface area contributed by atoms with Gasteiger partial charge in [0.1, 0.15) is 6.10 Å². The molecule has 2 aliphatic heterocycles. The molecule has 3 heterocycles. The van der Waals surface area contributed by atoms with Gasteiger partial charge in [-0.15, -0.1) is 11.3 Å². The molecule has 1 saturated heterocycles. The van der Waals surface area contributed by atoms with Crippen molar-refractivity contribution in [2.24, 2.45) is 0 Å². The minimum absolute atomic E-state index is 0.0806. The zero-order chi connectivity index (χ0) is 21.6. The molecule has 1 aromatic carbocycles. The highest BCUT2D eigenvalue weighted by atomic mass is 35.5. The Morgan fingerprint density at radius 3 is 2.94 bits per heavy atom. The van der Waals surface area contributed by atoms with Crippen molar-refractivity contribution >= 4 is 28.8 Å². The molecule has 1 aromatic heterocycles. The highest BCUT2D eigenvalue weighted by Crippen LogP contribution is 2.30. The quantitative estimate of drug-likeness (QED) is 0.623. The number of ether oxygens (including phenoxy) is 2. The second-order valence-electron chi connectivity index (χ2n) is 8.37. The van der Waals surface area contributed by atoms with Crippen LogP contribution in [0.3, 0.4) is 0 Å². The highest BCUT2D eigenvalue weighted by molar-refractivity contribution is 7.10. The lowest BCUT2D eigenvalue weighted by Gasteiger charge is -2.35. The van der Waals surface area contributed by atoms with Gasteiger partial charge in [-0.2, -0.15) is 0 Å². The molecular weight excluding hydrogens is 432 g/mol. The summed E-state index contributed by atoms with van der Waals surface area (Å²) >= 11 is 7.95. The van der Waals surface area contributed by atoms with Crippen LogP contribution in [0, 0.1) is 0 Å². The molecule has 0 bridgehead atoms. The van der Waals surface area contributed by atoms with Crippen LogP contribution in [0.25, 0.3) is 0 Å². The zero-order valence-corrected chi connectivity index (χ0v) is 19.6. The normalized spacial score (nSPS) is 21.3. The van der Waals surface area contributed by atoms with Gasteiger partial charge in [0.25, 0.3) is 0 Å². The molecule has 0 radical (unpaired) electrons. The lowest BCUT2D eigenvalue weighted by atomic mass is 10.0. The van der Waals surface area contributed by atoms with Crippen LogP contribution in [-0.4, -0.2) is 49.3 Å². The second-order valence-corrected chi connectivity index (χ2v) is 9.80. The number of hydrogen-bond donors (Lipinski definition) is 1. The van der Waals surface area contributed by atoms with E-state index in [2.05, 4.69) is 33.8 Å². The molecule has 2 aromatic rings. The van der Waals surface area contributed by atoms with Crippen molar-refractivity contribution in [3.63, 3.8) is 0 Å². The number of thiophene rings is 1. The second kappa shape index (κ2) is 10.9. The molecule has 168 valence electrons. The highest BCUT2D eigenvalue weighted by Gasteiger charge is 2.27. The fourth-order valence-corrected chi connectivity index (χ4v) is 5.30. The van der Waals surface area contributed by atoms with E-state index in [0.717, 1.165) is 49.5 Å². The zero-order valence-electron chi connectivity index (χ0n) is 18.0. The number of nitrogens with zero attached hydrogens (tertiary/aromatic N) is 1. The first-order chi connectivity index (χ1) is 15.1. The van der Waals surface area contributed by atoms with Crippen molar-refractivity contribution < 1.29 is 14.3 Å². The minimum Gasteiger partial charge on any atom is -0.376 e. The summed E-state index contributed by atoms with van der Waals surface area (Å²) in [6.45, 7) is 5.48. The molecule has 31 heavy (non-hydrogen) atoms. The maximum absolute atomic E-state index is 12.7. The van der Waals surface area contributed by atoms with E-state index in [-0.39, 0.29) is 18.1 Å². The fraction of sp³-hybridized carbons (Fsp3) is 0.542. The number of benzene rings is 1. The van der Waals surface area contributed by atoms with Gasteiger partial charge >= 0.3 is 0 Å². The third-order valence-electron chi connectivity index (χ3n) is 6.18. The number of nitrogens with one attached hydrogen (secondary N) is 1. The Morgan fingerprint density at radius 2 is 2.16 bits per heavy atom. The largest absolute Gasteiger partial charge is 0.376 e. The van der Waals surface area contributed by atoms with Crippen molar-refractivity contribution in [1.82, 2.24) is 10.2 Å². The Labute approximate surface area is 193 Å². The summed E-state index contributed by atoms with van der Waals surface area (Å²) in [4.78, 5) is 16.6. The summed E-state index contributed by atoms with van der Waals surface area (Å²) in [6, 6.07) is 10.3. The van der Waals surface area contributed by atoms with E-state index in [1.165, 1.54) is 16.9 Å². The Bertz CT molecular complexity index is 851. The molecule has 1 N–H and O–H groups in total. The van der Waals surface area contributed by atoms with Gasteiger partial charge in [-0.25, -0.2) is 0 Å². The van der Waals surface area contributed by atoms with E-state index >= 15 is 0 Å². The van der Waals surface area contributed by atoms with Crippen LogP contribution >= 0.6 is 22.9 Å². The Balaban J connectivity index is 1.36. The maximum atomic E-state index is 12.7. The van der Waals surface area contributed by atoms with Crippen LogP contribution in [-0.2, 0) is 27.2 Å². The summed E-state index contributed by atoms with van der Waals surface area (Å²) in [5.74, 6) is -0.0806. The van der Waals surface area contributed by atoms with Crippen LogP contribution in [0.1, 0.15) is 48.2 Å². The molecule has 0 aliphatic carbocycles. The number of halogens is 1. The molecule has 0 spiro atoms. The third-order valence-corrected chi connectivity index (χ3v) is 7.45. The summed E-state index contributed by atoms with van der Waals surface area (Å²) in [7, 11) is 0. The van der Waals surface area contributed by atoms with Crippen LogP contribution in [0.15, 0.2) is 35.7 Å². The van der Waals surface area contributed by atoms with Crippen LogP contribution < -0.4 is 5.32 Å². The molecule has 7 heteroatoms. The van der Waals surface area contributed by atoms with Gasteiger partial charge in [-0.3, -0.25) is 9.69 Å². The third kappa shape index (κ3) is 6.08. The van der Waals surface area contributed by atoms with E-state index in [0.29, 0.717) is 13.2 Å². The van der Waals surface area contributed by atoms with Gasteiger partial charge in [0.15, 0.2) is 0 Å². The summed E-state index contributed by atoms with van der Waals surface area (Å²) in [5.41, 5.74) is 2.55. The molecule has 1 amide bonds. The van der Waals surface area contributed by atoms with Crippen LogP contribution in [0.5, 0.6) is 0 Å². The predicted molar refractivity (Wildman–Crippen MR) is 125 cm³/mol. The molecule has 1 fully saturated rings. The molecule has 5 nitrogen and oxygen atoms in total. The van der Waals surface area contributed by atoms with E-state index in [4.69, 9.17) is 21.1 Å². The number of amides is 1. The molecule has 3 atom stereocenters. The SMILES string of the molecule is CC(OCC1CCCCO1)C(=O)NCC(c1ccc(Cl)cc1)N1CCc2sccc2C1. The Morgan fingerprint density at radius 1 is 1.32 bits per heavy atom. The average Bonchev–Trinajstić information content (AvgIpc) is 3.27. The Hall–Kier alpha value is -1.44. The van der Waals surface area contributed by atoms with E-state index in [9.17, 15) is 4.79 Å². The van der Waals surface area contributed by atoms with E-state index in [1.807, 2.05) is 30.4 Å². The van der Waals surface area contributed by atoms with Gasteiger partial charge in [-0.1, -0.05) is 23.7 Å². The number of carbonyl (C=O) groups is 1. The van der Waals surface area contributed by atoms with Crippen molar-refractivity contribution in [1.29, 1.82) is 0 Å². The van der Waals surface area contributed by atoms with Crippen molar-refractivity contribution in [2.75, 3.05) is 26.3 Å². The lowest BCUT2D eigenvalue weighted by Crippen LogP contribution is -2.43. The van der Waals surface area contributed by atoms with Gasteiger partial charge in [0.2, 0.25) is 5.91 Å². The van der Waals surface area contributed by atoms with Crippen LogP contribution in [0.2, 0.25) is 5.02 Å². The topological polar surface area (TPSA) is 50.8 Å². The standard InChI is InChI=1S/C24H31ClN2O3S/c1-17(30-16-21-4-2-3-12-29-21)24(28)26-14-22(18-5-7-20(25)8-6-18)27-11-9-23-19(15-27)10-13-31-23/h5-8,10,13,17,21-22H,2-4,9,11-12,14-16H2,1H3,(H,26,28). The van der Waals surface area contributed by atoms with Crippen molar-refractivity contribution in [3.8, 4) is 0 Å². The smallest absolute Gasteiger partial charge is 0.248 e. The average molecular weight is 463 g/mol. The van der Waals surface area contributed by atoms with Gasteiger partial charge in [0.05, 0.1) is 18.8 Å². The predicted octanol–water partition coefficient (Wildman–Crippen LogP) is 4.59. The first kappa shape index (κ1) is 22.7. The Kier molecular flexibility index (Phi) is 8.02. The number of fused-ring (bicyclic) bond motifs is 1. The monoisotopic (exact) mass is 462 g/mol. The maximum Gasteiger partial charge on any atom is 0.248 e. The summed E-state index contributed by atoms with van der Waals surface area (Å²) in [5, 5.41) is 6.01. The fourth-order valence-electron chi connectivity index (χ4n) is 4.29. The van der Waals surface area contributed by atoms with Crippen molar-refractivity contribution in [3.05, 3.63) is 56.7 Å². The lowest BCUT2D eigenvalue weighted by molar-refractivity contribution is -0.135. The molecule has 2 aliphatic rings. The molecule has 4 rings (SSSR count). The summed E-state index contributed by atoms with van der Waals surface area (Å²) in [6.07, 6.45) is 3.94. The van der Waals surface area contributed by atoms with Crippen molar-refractivity contribution in [2.45, 2.75) is 57.4 Å². The van der Waals surface area contributed by atoms with E-state index < -0.39 is 6.10 Å². The minimum atomic E-state index is -0.499. The summed E-state index contributed by atoms with van der Waals surface area (Å²) < 4.78 is 11.5. The van der Waals surface area contributed by atoms with Gasteiger partial charge in [0, 0.05) is 36.1 Å².